The van der Waals surface area contributed by atoms with Crippen LogP contribution in [0.3, 0.4) is 0 Å². The molecule has 1 fully saturated rings. The lowest BCUT2D eigenvalue weighted by Crippen LogP contribution is -2.16. The van der Waals surface area contributed by atoms with Crippen LogP contribution in [0.5, 0.6) is 0 Å². The van der Waals surface area contributed by atoms with Gasteiger partial charge in [-0.3, -0.25) is 4.79 Å². The number of rotatable bonds is 3. The molecule has 0 bridgehead atoms. The van der Waals surface area contributed by atoms with E-state index in [9.17, 15) is 4.79 Å². The maximum atomic E-state index is 10.5. The third-order valence-corrected chi connectivity index (χ3v) is 2.54. The maximum Gasteiger partial charge on any atom is 0.309 e. The van der Waals surface area contributed by atoms with Gasteiger partial charge in [-0.15, -0.1) is 0 Å². The number of carboxylic acids is 1. The van der Waals surface area contributed by atoms with Crippen LogP contribution in [-0.2, 0) is 16.0 Å². The van der Waals surface area contributed by atoms with Gasteiger partial charge in [-0.05, 0) is 12.8 Å². The van der Waals surface area contributed by atoms with Crippen LogP contribution >= 0.6 is 0 Å². The van der Waals surface area contributed by atoms with Crippen LogP contribution in [0.2, 0.25) is 0 Å². The van der Waals surface area contributed by atoms with E-state index in [1.54, 1.807) is 6.20 Å². The molecule has 82 valence electrons. The highest BCUT2D eigenvalue weighted by molar-refractivity contribution is 5.69. The summed E-state index contributed by atoms with van der Waals surface area (Å²) in [6.45, 7) is 1.50. The van der Waals surface area contributed by atoms with Crippen LogP contribution in [0.4, 0.5) is 0 Å². The lowest BCUT2D eigenvalue weighted by atomic mass is 10.0. The van der Waals surface area contributed by atoms with Gasteiger partial charge in [0.1, 0.15) is 5.82 Å². The van der Waals surface area contributed by atoms with E-state index < -0.39 is 5.97 Å². The second-order valence-corrected chi connectivity index (χ2v) is 3.78. The van der Waals surface area contributed by atoms with Crippen molar-refractivity contribution in [2.45, 2.75) is 25.2 Å². The molecule has 0 aromatic carbocycles. The highest BCUT2D eigenvalue weighted by Gasteiger charge is 2.19. The molecule has 0 amide bonds. The van der Waals surface area contributed by atoms with E-state index >= 15 is 0 Å². The number of aromatic nitrogens is 2. The van der Waals surface area contributed by atoms with E-state index in [1.807, 2.05) is 0 Å². The Bertz CT molecular complexity index is 342. The van der Waals surface area contributed by atoms with Crippen LogP contribution in [0, 0.1) is 0 Å². The summed E-state index contributed by atoms with van der Waals surface area (Å²) in [5.74, 6) is 0.303. The largest absolute Gasteiger partial charge is 0.481 e. The molecule has 1 atom stereocenters. The minimum atomic E-state index is -0.843. The first kappa shape index (κ1) is 10.2. The molecule has 0 spiro atoms. The van der Waals surface area contributed by atoms with Gasteiger partial charge in [0, 0.05) is 24.4 Å². The minimum absolute atomic E-state index is 0.000573. The van der Waals surface area contributed by atoms with Crippen molar-refractivity contribution in [2.24, 2.45) is 0 Å². The predicted molar refractivity (Wildman–Crippen MR) is 52.7 cm³/mol. The zero-order valence-electron chi connectivity index (χ0n) is 8.40. The van der Waals surface area contributed by atoms with Gasteiger partial charge < -0.3 is 14.8 Å². The number of hydrogen-bond acceptors (Lipinski definition) is 3. The third kappa shape index (κ3) is 2.56. The normalized spacial score (nSPS) is 21.5. The quantitative estimate of drug-likeness (QED) is 0.778. The summed E-state index contributed by atoms with van der Waals surface area (Å²) in [6.07, 6.45) is 3.69. The molecule has 0 radical (unpaired) electrons. The van der Waals surface area contributed by atoms with Crippen LogP contribution in [0.25, 0.3) is 0 Å². The minimum Gasteiger partial charge on any atom is -0.481 e. The van der Waals surface area contributed by atoms with Crippen molar-refractivity contribution in [1.29, 1.82) is 0 Å². The molecule has 5 nitrogen and oxygen atoms in total. The van der Waals surface area contributed by atoms with E-state index in [4.69, 9.17) is 9.84 Å². The first-order valence-corrected chi connectivity index (χ1v) is 5.09. The Balaban J connectivity index is 2.02. The number of H-pyrrole nitrogens is 1. The van der Waals surface area contributed by atoms with Gasteiger partial charge >= 0.3 is 5.97 Å². The second kappa shape index (κ2) is 4.44. The number of carbonyl (C=O) groups is 1. The third-order valence-electron chi connectivity index (χ3n) is 2.54. The lowest BCUT2D eigenvalue weighted by molar-refractivity contribution is -0.136. The number of hydrogen-bond donors (Lipinski definition) is 2. The van der Waals surface area contributed by atoms with Crippen molar-refractivity contribution >= 4 is 5.97 Å². The standard InChI is InChI=1S/C10H14N2O3/c13-9(14)4-8-5-11-10(12-8)7-2-1-3-15-6-7/h5,7H,1-4,6H2,(H,11,12)(H,13,14). The predicted octanol–water partition coefficient (Wildman–Crippen LogP) is 0.931. The highest BCUT2D eigenvalue weighted by atomic mass is 16.5. The zero-order valence-corrected chi connectivity index (χ0v) is 8.40. The van der Waals surface area contributed by atoms with Gasteiger partial charge in [0.05, 0.1) is 13.0 Å². The highest BCUT2D eigenvalue weighted by Crippen LogP contribution is 2.22. The molecule has 1 unspecified atom stereocenters. The van der Waals surface area contributed by atoms with E-state index in [-0.39, 0.29) is 6.42 Å². The van der Waals surface area contributed by atoms with Crippen LogP contribution < -0.4 is 0 Å². The molecule has 15 heavy (non-hydrogen) atoms. The number of ether oxygens (including phenoxy) is 1. The van der Waals surface area contributed by atoms with Gasteiger partial charge in [-0.2, -0.15) is 0 Å². The Morgan fingerprint density at radius 3 is 3.27 bits per heavy atom. The van der Waals surface area contributed by atoms with E-state index in [0.29, 0.717) is 18.2 Å². The van der Waals surface area contributed by atoms with Crippen molar-refractivity contribution in [2.75, 3.05) is 13.2 Å². The van der Waals surface area contributed by atoms with Crippen molar-refractivity contribution < 1.29 is 14.6 Å². The average Bonchev–Trinajstić information content (AvgIpc) is 2.67. The summed E-state index contributed by atoms with van der Waals surface area (Å²) >= 11 is 0. The van der Waals surface area contributed by atoms with Gasteiger partial charge in [-0.25, -0.2) is 4.98 Å². The molecule has 1 saturated heterocycles. The van der Waals surface area contributed by atoms with Crippen molar-refractivity contribution in [3.8, 4) is 0 Å². The fourth-order valence-electron chi connectivity index (χ4n) is 1.79. The summed E-state index contributed by atoms with van der Waals surface area (Å²) in [4.78, 5) is 17.7. The average molecular weight is 210 g/mol. The fraction of sp³-hybridized carbons (Fsp3) is 0.600. The summed E-state index contributed by atoms with van der Waals surface area (Å²) in [7, 11) is 0. The molecular formula is C10H14N2O3. The number of nitrogens with zero attached hydrogens (tertiary/aromatic N) is 1. The van der Waals surface area contributed by atoms with Gasteiger partial charge in [-0.1, -0.05) is 0 Å². The van der Waals surface area contributed by atoms with E-state index in [2.05, 4.69) is 9.97 Å². The molecular weight excluding hydrogens is 196 g/mol. The van der Waals surface area contributed by atoms with Crippen LogP contribution in [-0.4, -0.2) is 34.3 Å². The van der Waals surface area contributed by atoms with Crippen molar-refractivity contribution in [3.63, 3.8) is 0 Å². The topological polar surface area (TPSA) is 75.2 Å². The first-order chi connectivity index (χ1) is 7.25. The van der Waals surface area contributed by atoms with Crippen molar-refractivity contribution in [3.05, 3.63) is 17.7 Å². The number of aromatic amines is 1. The number of aliphatic carboxylic acids is 1. The zero-order chi connectivity index (χ0) is 10.7. The molecule has 5 heteroatoms. The molecule has 0 aliphatic carbocycles. The van der Waals surface area contributed by atoms with E-state index in [1.165, 1.54) is 0 Å². The number of carboxylic acid groups (broad SMARTS) is 1. The Morgan fingerprint density at radius 1 is 1.73 bits per heavy atom. The lowest BCUT2D eigenvalue weighted by Gasteiger charge is -2.19. The van der Waals surface area contributed by atoms with Crippen LogP contribution in [0.1, 0.15) is 30.3 Å². The Labute approximate surface area is 87.5 Å². The van der Waals surface area contributed by atoms with Crippen molar-refractivity contribution in [1.82, 2.24) is 9.97 Å². The van der Waals surface area contributed by atoms with Gasteiger partial charge in [0.2, 0.25) is 0 Å². The molecule has 0 saturated carbocycles. The number of imidazole rings is 1. The molecule has 1 aliphatic rings. The molecule has 2 N–H and O–H groups in total. The second-order valence-electron chi connectivity index (χ2n) is 3.78. The van der Waals surface area contributed by atoms with Crippen LogP contribution in [0.15, 0.2) is 6.20 Å². The fourth-order valence-corrected chi connectivity index (χ4v) is 1.79. The SMILES string of the molecule is O=C(O)Cc1cnc(C2CCCOC2)[nH]1. The summed E-state index contributed by atoms with van der Waals surface area (Å²) in [5.41, 5.74) is 0.656. The monoisotopic (exact) mass is 210 g/mol. The molecule has 1 aromatic heterocycles. The Morgan fingerprint density at radius 2 is 2.60 bits per heavy atom. The Hall–Kier alpha value is -1.36. The molecule has 2 rings (SSSR count). The molecule has 2 heterocycles. The molecule has 1 aliphatic heterocycles. The number of nitrogens with one attached hydrogen (secondary N) is 1. The Kier molecular flexibility index (Phi) is 3.01. The summed E-state index contributed by atoms with van der Waals surface area (Å²) < 4.78 is 5.35. The van der Waals surface area contributed by atoms with Gasteiger partial charge in [0.15, 0.2) is 0 Å². The first-order valence-electron chi connectivity index (χ1n) is 5.09. The van der Waals surface area contributed by atoms with Gasteiger partial charge in [0.25, 0.3) is 0 Å². The summed E-state index contributed by atoms with van der Waals surface area (Å²) in [5, 5.41) is 8.61. The van der Waals surface area contributed by atoms with E-state index in [0.717, 1.165) is 25.3 Å². The maximum absolute atomic E-state index is 10.5. The summed E-state index contributed by atoms with van der Waals surface area (Å²) in [6, 6.07) is 0. The smallest absolute Gasteiger partial charge is 0.309 e. The molecule has 1 aromatic rings.